The number of hydrogen-bond donors (Lipinski definition) is 3. The first kappa shape index (κ1) is 20.0. The molecule has 0 saturated carbocycles. The van der Waals surface area contributed by atoms with E-state index in [1.807, 2.05) is 42.5 Å². The van der Waals surface area contributed by atoms with Crippen LogP contribution < -0.4 is 17.0 Å². The molecular weight excluding hydrogens is 364 g/mol. The monoisotopic (exact) mass is 386 g/mol. The van der Waals surface area contributed by atoms with Gasteiger partial charge in [-0.1, -0.05) is 36.4 Å². The zero-order valence-corrected chi connectivity index (χ0v) is 16.1. The molecule has 146 valence electrons. The van der Waals surface area contributed by atoms with E-state index in [-0.39, 0.29) is 18.0 Å². The third-order valence-electron chi connectivity index (χ3n) is 4.87. The van der Waals surface area contributed by atoms with Gasteiger partial charge in [-0.05, 0) is 23.3 Å². The Bertz CT molecular complexity index is 1170. The molecule has 5 N–H and O–H groups in total. The number of nitriles is 1. The molecule has 7 heteroatoms. The van der Waals surface area contributed by atoms with Crippen molar-refractivity contribution in [1.82, 2.24) is 10.2 Å². The topological polar surface area (TPSA) is 134 Å². The number of allylic oxidation sites excluding steroid dienone is 1. The molecule has 0 aliphatic heterocycles. The van der Waals surface area contributed by atoms with E-state index in [1.165, 1.54) is 6.20 Å². The predicted molar refractivity (Wildman–Crippen MR) is 115 cm³/mol. The first-order chi connectivity index (χ1) is 14.1. The first-order valence-corrected chi connectivity index (χ1v) is 9.17. The number of aromatic amines is 1. The predicted octanol–water partition coefficient (Wildman–Crippen LogP) is 2.45. The van der Waals surface area contributed by atoms with Crippen LogP contribution in [0.3, 0.4) is 0 Å². The number of nitrogens with zero attached hydrogens (tertiary/aromatic N) is 3. The van der Waals surface area contributed by atoms with Gasteiger partial charge in [0.25, 0.3) is 5.56 Å². The molecular formula is C22H22N6O. The number of benzene rings is 2. The Morgan fingerprint density at radius 1 is 1.28 bits per heavy atom. The summed E-state index contributed by atoms with van der Waals surface area (Å²) in [6.07, 6.45) is 1.89. The second-order valence-electron chi connectivity index (χ2n) is 6.51. The highest BCUT2D eigenvalue weighted by molar-refractivity contribution is 6.24. The lowest BCUT2D eigenvalue weighted by molar-refractivity contribution is 0.900. The van der Waals surface area contributed by atoms with Crippen molar-refractivity contribution in [2.24, 2.45) is 16.5 Å². The van der Waals surface area contributed by atoms with E-state index in [9.17, 15) is 10.1 Å². The summed E-state index contributed by atoms with van der Waals surface area (Å²) >= 11 is 0. The molecule has 1 unspecified atom stereocenters. The van der Waals surface area contributed by atoms with Gasteiger partial charge in [-0.25, -0.2) is 5.10 Å². The number of aromatic nitrogens is 2. The van der Waals surface area contributed by atoms with Crippen LogP contribution in [0.15, 0.2) is 64.5 Å². The van der Waals surface area contributed by atoms with E-state index in [0.29, 0.717) is 34.2 Å². The molecule has 0 radical (unpaired) electrons. The Morgan fingerprint density at radius 2 is 2.03 bits per heavy atom. The van der Waals surface area contributed by atoms with Crippen LogP contribution in [-0.2, 0) is 6.54 Å². The van der Waals surface area contributed by atoms with Crippen molar-refractivity contribution in [3.05, 3.63) is 81.9 Å². The lowest BCUT2D eigenvalue weighted by Crippen LogP contribution is -2.14. The van der Waals surface area contributed by atoms with Crippen molar-refractivity contribution in [3.8, 4) is 6.07 Å². The van der Waals surface area contributed by atoms with Crippen LogP contribution in [0.4, 0.5) is 0 Å². The highest BCUT2D eigenvalue weighted by atomic mass is 16.1. The van der Waals surface area contributed by atoms with Crippen molar-refractivity contribution >= 4 is 22.1 Å². The van der Waals surface area contributed by atoms with Gasteiger partial charge in [0, 0.05) is 42.9 Å². The third-order valence-corrected chi connectivity index (χ3v) is 4.87. The van der Waals surface area contributed by atoms with E-state index < -0.39 is 0 Å². The number of hydrogen-bond acceptors (Lipinski definition) is 6. The van der Waals surface area contributed by atoms with Crippen LogP contribution in [-0.4, -0.2) is 23.0 Å². The first-order valence-electron chi connectivity index (χ1n) is 9.17. The molecule has 29 heavy (non-hydrogen) atoms. The van der Waals surface area contributed by atoms with Crippen LogP contribution >= 0.6 is 0 Å². The van der Waals surface area contributed by atoms with Crippen molar-refractivity contribution in [1.29, 1.82) is 5.26 Å². The summed E-state index contributed by atoms with van der Waals surface area (Å²) in [4.78, 5) is 16.5. The van der Waals surface area contributed by atoms with Gasteiger partial charge in [0.05, 0.1) is 23.1 Å². The molecule has 1 aromatic heterocycles. The highest BCUT2D eigenvalue weighted by Gasteiger charge is 2.18. The largest absolute Gasteiger partial charge is 0.404 e. The van der Waals surface area contributed by atoms with Crippen molar-refractivity contribution in [2.75, 3.05) is 7.05 Å². The van der Waals surface area contributed by atoms with Crippen LogP contribution in [0.5, 0.6) is 0 Å². The molecule has 0 bridgehead atoms. The molecule has 1 atom stereocenters. The summed E-state index contributed by atoms with van der Waals surface area (Å²) < 4.78 is 0. The summed E-state index contributed by atoms with van der Waals surface area (Å²) in [6, 6.07) is 17.3. The average Bonchev–Trinajstić information content (AvgIpc) is 2.77. The zero-order chi connectivity index (χ0) is 20.8. The quantitative estimate of drug-likeness (QED) is 0.559. The molecule has 0 fully saturated rings. The number of H-pyrrole nitrogens is 1. The molecule has 0 aliphatic rings. The maximum Gasteiger partial charge on any atom is 0.272 e. The normalized spacial score (nSPS) is 13.3. The van der Waals surface area contributed by atoms with Gasteiger partial charge in [-0.2, -0.15) is 10.4 Å². The van der Waals surface area contributed by atoms with E-state index >= 15 is 0 Å². The standard InChI is InChI=1S/C22H22N6O/c1-26-20(10-16(11-23)14-5-3-2-4-6-14)19(12-24)15-7-8-17-18(9-15)21(13-25)27-28-22(17)29/h2-9,12,16H,10,13,24-25H2,1H3,(H,28,29)/b19-12-,26-20?. The van der Waals surface area contributed by atoms with E-state index in [0.717, 1.165) is 11.1 Å². The molecule has 0 aliphatic carbocycles. The summed E-state index contributed by atoms with van der Waals surface area (Å²) in [6.45, 7) is 0.192. The van der Waals surface area contributed by atoms with E-state index in [4.69, 9.17) is 11.5 Å². The lowest BCUT2D eigenvalue weighted by Gasteiger charge is -2.15. The fraction of sp³-hybridized carbons (Fsp3) is 0.182. The van der Waals surface area contributed by atoms with Gasteiger partial charge in [0.15, 0.2) is 0 Å². The van der Waals surface area contributed by atoms with Crippen molar-refractivity contribution in [2.45, 2.75) is 18.9 Å². The smallest absolute Gasteiger partial charge is 0.272 e. The van der Waals surface area contributed by atoms with Gasteiger partial charge in [-0.15, -0.1) is 0 Å². The Balaban J connectivity index is 2.02. The third kappa shape index (κ3) is 4.08. The lowest BCUT2D eigenvalue weighted by atomic mass is 9.89. The van der Waals surface area contributed by atoms with Crippen LogP contribution in [0.2, 0.25) is 0 Å². The van der Waals surface area contributed by atoms with Crippen LogP contribution in [0, 0.1) is 11.3 Å². The number of rotatable bonds is 6. The van der Waals surface area contributed by atoms with Crippen LogP contribution in [0.1, 0.15) is 29.2 Å². The van der Waals surface area contributed by atoms with E-state index in [1.54, 1.807) is 13.1 Å². The molecule has 0 spiro atoms. The van der Waals surface area contributed by atoms with Gasteiger partial charge in [0.2, 0.25) is 0 Å². The molecule has 7 nitrogen and oxygen atoms in total. The number of nitrogens with one attached hydrogen (secondary N) is 1. The maximum absolute atomic E-state index is 12.1. The molecule has 3 aromatic rings. The Morgan fingerprint density at radius 3 is 2.66 bits per heavy atom. The highest BCUT2D eigenvalue weighted by Crippen LogP contribution is 2.27. The fourth-order valence-corrected chi connectivity index (χ4v) is 3.34. The van der Waals surface area contributed by atoms with Gasteiger partial charge in [-0.3, -0.25) is 9.79 Å². The minimum absolute atomic E-state index is 0.192. The van der Waals surface area contributed by atoms with E-state index in [2.05, 4.69) is 21.3 Å². The Labute approximate surface area is 168 Å². The Kier molecular flexibility index (Phi) is 6.17. The van der Waals surface area contributed by atoms with Crippen LogP contribution in [0.25, 0.3) is 16.3 Å². The number of fused-ring (bicyclic) bond motifs is 1. The summed E-state index contributed by atoms with van der Waals surface area (Å²) in [5.74, 6) is -0.352. The minimum Gasteiger partial charge on any atom is -0.404 e. The molecule has 3 rings (SSSR count). The Hall–Kier alpha value is -3.76. The summed E-state index contributed by atoms with van der Waals surface area (Å²) in [7, 11) is 1.68. The molecule has 0 saturated heterocycles. The zero-order valence-electron chi connectivity index (χ0n) is 16.1. The molecule has 2 aromatic carbocycles. The number of aliphatic imine (C=N–C) groups is 1. The maximum atomic E-state index is 12.1. The summed E-state index contributed by atoms with van der Waals surface area (Å²) in [5.41, 5.74) is 15.1. The summed E-state index contributed by atoms with van der Waals surface area (Å²) in [5, 5.41) is 17.3. The van der Waals surface area contributed by atoms with Crippen molar-refractivity contribution in [3.63, 3.8) is 0 Å². The van der Waals surface area contributed by atoms with Gasteiger partial charge >= 0.3 is 0 Å². The SMILES string of the molecule is CN=C(CC(C#N)c1ccccc1)/C(=C\N)c1ccc2c(=O)[nH]nc(CN)c2c1. The van der Waals surface area contributed by atoms with Gasteiger partial charge < -0.3 is 11.5 Å². The van der Waals surface area contributed by atoms with Crippen molar-refractivity contribution < 1.29 is 0 Å². The minimum atomic E-state index is -0.352. The second-order valence-corrected chi connectivity index (χ2v) is 6.51. The fourth-order valence-electron chi connectivity index (χ4n) is 3.34. The van der Waals surface area contributed by atoms with Gasteiger partial charge in [0.1, 0.15) is 0 Å². The molecule has 1 heterocycles. The average molecular weight is 386 g/mol. The number of nitrogens with two attached hydrogens (primary N) is 2. The molecule has 0 amide bonds. The second kappa shape index (κ2) is 8.95.